The normalized spacial score (nSPS) is 16.5. The highest BCUT2D eigenvalue weighted by atomic mass is 32.1. The van der Waals surface area contributed by atoms with Crippen LogP contribution in [0.4, 0.5) is 0 Å². The second-order valence-electron chi connectivity index (χ2n) is 4.77. The monoisotopic (exact) mass is 262 g/mol. The Kier molecular flexibility index (Phi) is 3.43. The van der Waals surface area contributed by atoms with Crippen LogP contribution in [0, 0.1) is 0 Å². The van der Waals surface area contributed by atoms with Crippen molar-refractivity contribution >= 4 is 11.3 Å². The van der Waals surface area contributed by atoms with Gasteiger partial charge in [-0.15, -0.1) is 21.5 Å². The molecule has 3 rings (SSSR count). The first-order valence-electron chi connectivity index (χ1n) is 6.52. The van der Waals surface area contributed by atoms with Gasteiger partial charge < -0.3 is 9.88 Å². The summed E-state index contributed by atoms with van der Waals surface area (Å²) in [4.78, 5) is 1.36. The van der Waals surface area contributed by atoms with Crippen molar-refractivity contribution in [3.8, 4) is 0 Å². The van der Waals surface area contributed by atoms with Gasteiger partial charge in [0.05, 0.1) is 6.04 Å². The summed E-state index contributed by atoms with van der Waals surface area (Å²) in [5.74, 6) is 2.24. The van der Waals surface area contributed by atoms with Crippen LogP contribution >= 0.6 is 11.3 Å². The van der Waals surface area contributed by atoms with Crippen molar-refractivity contribution in [2.75, 3.05) is 0 Å². The Morgan fingerprint density at radius 1 is 1.44 bits per heavy atom. The predicted molar refractivity (Wildman–Crippen MR) is 72.5 cm³/mol. The number of hydrogen-bond acceptors (Lipinski definition) is 4. The molecule has 5 heteroatoms. The lowest BCUT2D eigenvalue weighted by atomic mass is 10.1. The first kappa shape index (κ1) is 11.9. The van der Waals surface area contributed by atoms with Crippen molar-refractivity contribution in [3.63, 3.8) is 0 Å². The molecule has 1 aliphatic rings. The minimum absolute atomic E-state index is 0.256. The third-order valence-electron chi connectivity index (χ3n) is 3.44. The van der Waals surface area contributed by atoms with Crippen LogP contribution in [0.2, 0.25) is 0 Å². The fraction of sp³-hybridized carbons (Fsp3) is 0.538. The van der Waals surface area contributed by atoms with Crippen molar-refractivity contribution in [1.29, 1.82) is 0 Å². The molecule has 0 saturated carbocycles. The number of aryl methyl sites for hydroxylation is 1. The molecule has 0 saturated heterocycles. The van der Waals surface area contributed by atoms with Gasteiger partial charge in [-0.05, 0) is 31.2 Å². The molecule has 1 aliphatic heterocycles. The zero-order chi connectivity index (χ0) is 12.4. The summed E-state index contributed by atoms with van der Waals surface area (Å²) < 4.78 is 2.29. The number of aromatic nitrogens is 3. The molecular weight excluding hydrogens is 244 g/mol. The molecule has 96 valence electrons. The first-order chi connectivity index (χ1) is 8.84. The SMILES string of the molecule is C[C@H](NCc1cccs1)c1nnc2n1CCCC2. The van der Waals surface area contributed by atoms with Gasteiger partial charge in [-0.1, -0.05) is 6.07 Å². The Labute approximate surface area is 111 Å². The summed E-state index contributed by atoms with van der Waals surface area (Å²) in [6.07, 6.45) is 3.56. The van der Waals surface area contributed by atoms with E-state index in [9.17, 15) is 0 Å². The van der Waals surface area contributed by atoms with E-state index >= 15 is 0 Å². The van der Waals surface area contributed by atoms with Crippen LogP contribution in [0.25, 0.3) is 0 Å². The number of hydrogen-bond donors (Lipinski definition) is 1. The van der Waals surface area contributed by atoms with Crippen LogP contribution in [0.15, 0.2) is 17.5 Å². The summed E-state index contributed by atoms with van der Waals surface area (Å²) in [6, 6.07) is 4.50. The molecule has 0 aliphatic carbocycles. The van der Waals surface area contributed by atoms with E-state index in [0.717, 1.165) is 31.2 Å². The van der Waals surface area contributed by atoms with Gasteiger partial charge in [0.15, 0.2) is 0 Å². The summed E-state index contributed by atoms with van der Waals surface area (Å²) in [6.45, 7) is 4.14. The zero-order valence-electron chi connectivity index (χ0n) is 10.6. The molecule has 1 atom stereocenters. The first-order valence-corrected chi connectivity index (χ1v) is 7.40. The standard InChI is InChI=1S/C13H18N4S/c1-10(14-9-11-5-4-8-18-11)13-16-15-12-6-2-3-7-17(12)13/h4-5,8,10,14H,2-3,6-7,9H2,1H3/t10-/m0/s1. The Morgan fingerprint density at radius 2 is 2.39 bits per heavy atom. The minimum atomic E-state index is 0.256. The molecule has 0 amide bonds. The van der Waals surface area contributed by atoms with Crippen molar-refractivity contribution in [3.05, 3.63) is 34.0 Å². The summed E-state index contributed by atoms with van der Waals surface area (Å²) in [5, 5.41) is 14.3. The number of thiophene rings is 1. The van der Waals surface area contributed by atoms with Crippen molar-refractivity contribution in [2.24, 2.45) is 0 Å². The molecule has 3 heterocycles. The largest absolute Gasteiger partial charge is 0.314 e. The summed E-state index contributed by atoms with van der Waals surface area (Å²) >= 11 is 1.79. The lowest BCUT2D eigenvalue weighted by Gasteiger charge is -2.18. The van der Waals surface area contributed by atoms with Crippen LogP contribution in [0.5, 0.6) is 0 Å². The molecule has 0 aromatic carbocycles. The van der Waals surface area contributed by atoms with Gasteiger partial charge in [0.1, 0.15) is 11.6 Å². The van der Waals surface area contributed by atoms with Crippen LogP contribution in [-0.4, -0.2) is 14.8 Å². The van der Waals surface area contributed by atoms with E-state index < -0.39 is 0 Å². The predicted octanol–water partition coefficient (Wildman–Crippen LogP) is 2.53. The minimum Gasteiger partial charge on any atom is -0.314 e. The maximum atomic E-state index is 4.35. The van der Waals surface area contributed by atoms with Crippen LogP contribution in [-0.2, 0) is 19.5 Å². The average Bonchev–Trinajstić information content (AvgIpc) is 3.05. The topological polar surface area (TPSA) is 42.7 Å². The smallest absolute Gasteiger partial charge is 0.149 e. The average molecular weight is 262 g/mol. The highest BCUT2D eigenvalue weighted by Crippen LogP contribution is 2.19. The van der Waals surface area contributed by atoms with E-state index in [-0.39, 0.29) is 6.04 Å². The highest BCUT2D eigenvalue weighted by molar-refractivity contribution is 7.09. The number of nitrogens with one attached hydrogen (secondary N) is 1. The summed E-state index contributed by atoms with van der Waals surface area (Å²) in [7, 11) is 0. The van der Waals surface area contributed by atoms with Crippen LogP contribution in [0.1, 0.15) is 42.3 Å². The molecule has 0 radical (unpaired) electrons. The second kappa shape index (κ2) is 5.20. The van der Waals surface area contributed by atoms with E-state index in [1.807, 2.05) is 0 Å². The van der Waals surface area contributed by atoms with Gasteiger partial charge >= 0.3 is 0 Å². The molecular formula is C13H18N4S. The van der Waals surface area contributed by atoms with Gasteiger partial charge in [-0.3, -0.25) is 0 Å². The number of fused-ring (bicyclic) bond motifs is 1. The van der Waals surface area contributed by atoms with Crippen LogP contribution < -0.4 is 5.32 Å². The summed E-state index contributed by atoms with van der Waals surface area (Å²) in [5.41, 5.74) is 0. The lowest BCUT2D eigenvalue weighted by Crippen LogP contribution is -2.23. The van der Waals surface area contributed by atoms with Crippen molar-refractivity contribution in [1.82, 2.24) is 20.1 Å². The third-order valence-corrected chi connectivity index (χ3v) is 4.31. The van der Waals surface area contributed by atoms with Gasteiger partial charge in [-0.25, -0.2) is 0 Å². The third kappa shape index (κ3) is 2.33. The fourth-order valence-electron chi connectivity index (χ4n) is 2.41. The molecule has 18 heavy (non-hydrogen) atoms. The number of nitrogens with zero attached hydrogens (tertiary/aromatic N) is 3. The van der Waals surface area contributed by atoms with Gasteiger partial charge in [-0.2, -0.15) is 0 Å². The molecule has 2 aromatic heterocycles. The lowest BCUT2D eigenvalue weighted by molar-refractivity contribution is 0.466. The van der Waals surface area contributed by atoms with Crippen molar-refractivity contribution < 1.29 is 0 Å². The quantitative estimate of drug-likeness (QED) is 0.920. The Hall–Kier alpha value is -1.20. The van der Waals surface area contributed by atoms with E-state index in [0.29, 0.717) is 0 Å². The molecule has 0 unspecified atom stereocenters. The van der Waals surface area contributed by atoms with E-state index in [1.165, 1.54) is 17.7 Å². The Balaban J connectivity index is 1.68. The molecule has 0 fully saturated rings. The van der Waals surface area contributed by atoms with Crippen LogP contribution in [0.3, 0.4) is 0 Å². The van der Waals surface area contributed by atoms with Gasteiger partial charge in [0.25, 0.3) is 0 Å². The Bertz CT molecular complexity index is 503. The molecule has 0 spiro atoms. The van der Waals surface area contributed by atoms with E-state index in [4.69, 9.17) is 0 Å². The second-order valence-corrected chi connectivity index (χ2v) is 5.80. The fourth-order valence-corrected chi connectivity index (χ4v) is 3.06. The molecule has 4 nitrogen and oxygen atoms in total. The highest BCUT2D eigenvalue weighted by Gasteiger charge is 2.19. The van der Waals surface area contributed by atoms with Gasteiger partial charge in [0.2, 0.25) is 0 Å². The maximum Gasteiger partial charge on any atom is 0.149 e. The Morgan fingerprint density at radius 3 is 3.22 bits per heavy atom. The number of rotatable bonds is 4. The van der Waals surface area contributed by atoms with Crippen molar-refractivity contribution in [2.45, 2.75) is 45.3 Å². The van der Waals surface area contributed by atoms with E-state index in [1.54, 1.807) is 11.3 Å². The maximum absolute atomic E-state index is 4.35. The zero-order valence-corrected chi connectivity index (χ0v) is 11.4. The molecule has 0 bridgehead atoms. The van der Waals surface area contributed by atoms with Gasteiger partial charge in [0, 0.05) is 24.4 Å². The van der Waals surface area contributed by atoms with E-state index in [2.05, 4.69) is 44.5 Å². The molecule has 2 aromatic rings. The molecule has 1 N–H and O–H groups in total.